The largest absolute Gasteiger partial charge is 0.0758 e. The summed E-state index contributed by atoms with van der Waals surface area (Å²) in [7, 11) is 2.11. The Hall–Kier alpha value is -0.700. The van der Waals surface area contributed by atoms with Crippen LogP contribution in [0.25, 0.3) is 0 Å². The quantitative estimate of drug-likeness (QED) is 0.660. The molecule has 2 aromatic rings. The standard InChI is InChI=1S/C11H10P2/c1-2-5-10(6-3-1)13-11-7-4-8-12-9-11/h1-9,13H. The smallest absolute Gasteiger partial charge is 0.0181 e. The SMILES string of the molecule is c1ccc(Pc2cccpc2)cc1. The Morgan fingerprint density at radius 2 is 1.62 bits per heavy atom. The fourth-order valence-electron chi connectivity index (χ4n) is 1.12. The zero-order valence-corrected chi connectivity index (χ0v) is 9.04. The number of hydrogen-bond donors (Lipinski definition) is 0. The second-order valence-electron chi connectivity index (χ2n) is 2.73. The molecule has 0 aliphatic carbocycles. The van der Waals surface area contributed by atoms with E-state index in [1.54, 1.807) is 0 Å². The highest BCUT2D eigenvalue weighted by Crippen LogP contribution is 2.12. The van der Waals surface area contributed by atoms with Crippen LogP contribution in [0.15, 0.2) is 54.1 Å². The van der Waals surface area contributed by atoms with Crippen LogP contribution < -0.4 is 10.6 Å². The van der Waals surface area contributed by atoms with E-state index in [0.29, 0.717) is 0 Å². The lowest BCUT2D eigenvalue weighted by atomic mass is 10.4. The van der Waals surface area contributed by atoms with Crippen molar-refractivity contribution in [3.63, 3.8) is 0 Å². The fraction of sp³-hybridized carbons (Fsp3) is 0. The summed E-state index contributed by atoms with van der Waals surface area (Å²) in [6.45, 7) is 0. The van der Waals surface area contributed by atoms with Crippen molar-refractivity contribution < 1.29 is 0 Å². The third-order valence-electron chi connectivity index (χ3n) is 1.72. The summed E-state index contributed by atoms with van der Waals surface area (Å²) in [6, 6.07) is 14.9. The van der Waals surface area contributed by atoms with E-state index in [9.17, 15) is 0 Å². The van der Waals surface area contributed by atoms with Gasteiger partial charge in [-0.05, 0) is 22.2 Å². The molecule has 0 nitrogen and oxygen atoms in total. The van der Waals surface area contributed by atoms with Crippen molar-refractivity contribution in [2.45, 2.75) is 0 Å². The number of benzene rings is 1. The van der Waals surface area contributed by atoms with E-state index in [0.717, 1.165) is 8.58 Å². The van der Waals surface area contributed by atoms with Gasteiger partial charge in [-0.1, -0.05) is 59.2 Å². The Morgan fingerprint density at radius 3 is 2.31 bits per heavy atom. The van der Waals surface area contributed by atoms with Gasteiger partial charge in [-0.3, -0.25) is 0 Å². The molecule has 0 saturated heterocycles. The molecule has 13 heavy (non-hydrogen) atoms. The Kier molecular flexibility index (Phi) is 3.08. The van der Waals surface area contributed by atoms with Gasteiger partial charge in [-0.25, -0.2) is 0 Å². The molecule has 64 valence electrons. The Bertz CT molecular complexity index is 319. The minimum atomic E-state index is 0.801. The van der Waals surface area contributed by atoms with Gasteiger partial charge in [0.05, 0.1) is 0 Å². The molecule has 1 heterocycles. The zero-order chi connectivity index (χ0) is 8.93. The first-order valence-corrected chi connectivity index (χ1v) is 6.20. The molecule has 2 rings (SSSR count). The minimum Gasteiger partial charge on any atom is -0.0758 e. The normalized spacial score (nSPS) is 11.4. The summed E-state index contributed by atoms with van der Waals surface area (Å²) in [5.41, 5.74) is 0. The van der Waals surface area contributed by atoms with Gasteiger partial charge < -0.3 is 0 Å². The van der Waals surface area contributed by atoms with Crippen LogP contribution in [0.5, 0.6) is 0 Å². The van der Waals surface area contributed by atoms with Crippen LogP contribution in [0, 0.1) is 0 Å². The Balaban J connectivity index is 2.16. The van der Waals surface area contributed by atoms with Gasteiger partial charge in [0.15, 0.2) is 0 Å². The molecule has 2 heteroatoms. The van der Waals surface area contributed by atoms with Crippen molar-refractivity contribution in [1.82, 2.24) is 0 Å². The molecule has 0 radical (unpaired) electrons. The third-order valence-corrected chi connectivity index (χ3v) is 3.96. The third kappa shape index (κ3) is 2.62. The van der Waals surface area contributed by atoms with Crippen molar-refractivity contribution >= 4 is 27.4 Å². The highest BCUT2D eigenvalue weighted by molar-refractivity contribution is 7.56. The first-order chi connectivity index (χ1) is 6.45. The molecular formula is C11H10P2. The van der Waals surface area contributed by atoms with E-state index in [4.69, 9.17) is 0 Å². The van der Waals surface area contributed by atoms with E-state index in [1.807, 2.05) is 0 Å². The minimum absolute atomic E-state index is 0.801. The molecule has 0 saturated carbocycles. The second-order valence-corrected chi connectivity index (χ2v) is 4.99. The lowest BCUT2D eigenvalue weighted by Gasteiger charge is -1.99. The molecule has 0 spiro atoms. The van der Waals surface area contributed by atoms with Gasteiger partial charge in [-0.2, -0.15) is 0 Å². The van der Waals surface area contributed by atoms with Crippen LogP contribution in [0.2, 0.25) is 0 Å². The van der Waals surface area contributed by atoms with Crippen molar-refractivity contribution in [3.05, 3.63) is 54.1 Å². The molecule has 0 amide bonds. The zero-order valence-electron chi connectivity index (χ0n) is 7.14. The molecule has 1 unspecified atom stereocenters. The lowest BCUT2D eigenvalue weighted by Crippen LogP contribution is -2.00. The Morgan fingerprint density at radius 1 is 0.846 bits per heavy atom. The highest BCUT2D eigenvalue weighted by atomic mass is 31.1. The predicted molar refractivity (Wildman–Crippen MR) is 63.0 cm³/mol. The second kappa shape index (κ2) is 4.51. The maximum Gasteiger partial charge on any atom is -0.0181 e. The molecule has 0 aliphatic heterocycles. The maximum atomic E-state index is 2.27. The molecule has 0 fully saturated rings. The van der Waals surface area contributed by atoms with Gasteiger partial charge in [-0.15, -0.1) is 0 Å². The number of hydrogen-bond acceptors (Lipinski definition) is 0. The first-order valence-electron chi connectivity index (χ1n) is 4.17. The molecule has 1 atom stereocenters. The van der Waals surface area contributed by atoms with Gasteiger partial charge in [0, 0.05) is 0 Å². The highest BCUT2D eigenvalue weighted by Gasteiger charge is 1.92. The van der Waals surface area contributed by atoms with E-state index in [2.05, 4.69) is 54.1 Å². The molecule has 0 aliphatic rings. The summed E-state index contributed by atoms with van der Waals surface area (Å²) in [5.74, 6) is 4.42. The summed E-state index contributed by atoms with van der Waals surface area (Å²) in [6.07, 6.45) is 0. The van der Waals surface area contributed by atoms with Crippen LogP contribution in [-0.4, -0.2) is 0 Å². The van der Waals surface area contributed by atoms with Gasteiger partial charge >= 0.3 is 0 Å². The van der Waals surface area contributed by atoms with Crippen LogP contribution in [0.1, 0.15) is 0 Å². The van der Waals surface area contributed by atoms with Crippen LogP contribution in [0.4, 0.5) is 0 Å². The summed E-state index contributed by atoms with van der Waals surface area (Å²) in [4.78, 5) is 0. The predicted octanol–water partition coefficient (Wildman–Crippen LogP) is 2.90. The van der Waals surface area contributed by atoms with Crippen molar-refractivity contribution in [1.29, 1.82) is 0 Å². The van der Waals surface area contributed by atoms with Crippen molar-refractivity contribution in [2.24, 2.45) is 0 Å². The van der Waals surface area contributed by atoms with Crippen LogP contribution in [-0.2, 0) is 0 Å². The molecule has 0 N–H and O–H groups in total. The first kappa shape index (κ1) is 8.88. The fourth-order valence-corrected chi connectivity index (χ4v) is 3.00. The Labute approximate surface area is 81.9 Å². The van der Waals surface area contributed by atoms with Gasteiger partial charge in [0.2, 0.25) is 0 Å². The van der Waals surface area contributed by atoms with Crippen LogP contribution in [0.3, 0.4) is 0 Å². The summed E-state index contributed by atoms with van der Waals surface area (Å²) < 4.78 is 0. The van der Waals surface area contributed by atoms with Crippen molar-refractivity contribution in [2.75, 3.05) is 0 Å². The van der Waals surface area contributed by atoms with Gasteiger partial charge in [0.25, 0.3) is 0 Å². The van der Waals surface area contributed by atoms with E-state index < -0.39 is 0 Å². The van der Waals surface area contributed by atoms with Gasteiger partial charge in [0.1, 0.15) is 0 Å². The maximum absolute atomic E-state index is 2.27. The summed E-state index contributed by atoms with van der Waals surface area (Å²) >= 11 is 0. The molecule has 1 aromatic carbocycles. The van der Waals surface area contributed by atoms with E-state index in [-0.39, 0.29) is 0 Å². The van der Waals surface area contributed by atoms with E-state index >= 15 is 0 Å². The molecule has 0 bridgehead atoms. The van der Waals surface area contributed by atoms with Crippen molar-refractivity contribution in [3.8, 4) is 0 Å². The average Bonchev–Trinajstić information content (AvgIpc) is 2.21. The molecule has 1 aromatic heterocycles. The topological polar surface area (TPSA) is 0 Å². The van der Waals surface area contributed by atoms with Crippen LogP contribution >= 0.6 is 16.8 Å². The summed E-state index contributed by atoms with van der Waals surface area (Å²) in [5, 5.41) is 2.85. The molecular weight excluding hydrogens is 194 g/mol. The number of rotatable bonds is 2. The van der Waals surface area contributed by atoms with E-state index in [1.165, 1.54) is 18.8 Å². The average molecular weight is 204 g/mol. The monoisotopic (exact) mass is 204 g/mol. The lowest BCUT2D eigenvalue weighted by molar-refractivity contribution is 1.78.